The van der Waals surface area contributed by atoms with Gasteiger partial charge in [-0.1, -0.05) is 62.2 Å². The number of rotatable bonds is 7. The van der Waals surface area contributed by atoms with Gasteiger partial charge in [0.15, 0.2) is 0 Å². The Balaban J connectivity index is 2.11. The molecule has 0 unspecified atom stereocenters. The zero-order valence-electron chi connectivity index (χ0n) is 12.8. The summed E-state index contributed by atoms with van der Waals surface area (Å²) >= 11 is 6.79. The van der Waals surface area contributed by atoms with Crippen molar-refractivity contribution in [3.05, 3.63) is 81.3 Å². The highest BCUT2D eigenvalue weighted by molar-refractivity contribution is 9.10. The molecule has 4 heteroatoms. The van der Waals surface area contributed by atoms with Crippen molar-refractivity contribution in [2.24, 2.45) is 0 Å². The summed E-state index contributed by atoms with van der Waals surface area (Å²) in [6.07, 6.45) is 2.49. The summed E-state index contributed by atoms with van der Waals surface area (Å²) in [6.45, 7) is 3.75. The van der Waals surface area contributed by atoms with Crippen molar-refractivity contribution in [1.82, 2.24) is 0 Å². The van der Waals surface area contributed by atoms with E-state index in [2.05, 4.69) is 38.4 Å². The maximum atomic E-state index is 11.0. The summed E-state index contributed by atoms with van der Waals surface area (Å²) in [5.41, 5.74) is 0.673. The molecule has 0 aromatic heterocycles. The van der Waals surface area contributed by atoms with Crippen LogP contribution in [-0.2, 0) is 5.60 Å². The minimum atomic E-state index is -1.02. The lowest BCUT2D eigenvalue weighted by Gasteiger charge is -2.29. The average Bonchev–Trinajstić information content (AvgIpc) is 2.54. The van der Waals surface area contributed by atoms with Crippen LogP contribution >= 0.6 is 31.9 Å². The fourth-order valence-corrected chi connectivity index (χ4v) is 3.12. The summed E-state index contributed by atoms with van der Waals surface area (Å²) in [6, 6.07) is 15.2. The van der Waals surface area contributed by atoms with Gasteiger partial charge in [-0.2, -0.15) is 0 Å². The minimum Gasteiger partial charge on any atom is -0.388 e. The lowest BCUT2D eigenvalue weighted by molar-refractivity contribution is 0.0136. The Morgan fingerprint density at radius 1 is 1.00 bits per heavy atom. The van der Waals surface area contributed by atoms with Crippen molar-refractivity contribution in [1.29, 1.82) is 0 Å². The molecule has 122 valence electrons. The van der Waals surface area contributed by atoms with E-state index in [0.29, 0.717) is 19.3 Å². The van der Waals surface area contributed by atoms with Gasteiger partial charge in [0.1, 0.15) is 0 Å². The number of aliphatic hydroxyl groups excluding tert-OH is 1. The van der Waals surface area contributed by atoms with Crippen LogP contribution in [0.15, 0.2) is 70.1 Å². The van der Waals surface area contributed by atoms with Gasteiger partial charge in [-0.05, 0) is 54.7 Å². The van der Waals surface area contributed by atoms with Crippen molar-refractivity contribution in [2.45, 2.75) is 31.0 Å². The molecule has 0 radical (unpaired) electrons. The SMILES string of the molecule is C=CC[C@@](O)(CC[C@@H](O)c1ccc(Br)cc1)c1ccc(Br)cc1. The van der Waals surface area contributed by atoms with Crippen LogP contribution < -0.4 is 0 Å². The van der Waals surface area contributed by atoms with Crippen LogP contribution in [-0.4, -0.2) is 10.2 Å². The van der Waals surface area contributed by atoms with Gasteiger partial charge in [0, 0.05) is 8.95 Å². The molecule has 2 aromatic carbocycles. The Hall–Kier alpha value is -0.940. The third-order valence-corrected chi connectivity index (χ3v) is 5.01. The molecule has 0 amide bonds. The first-order chi connectivity index (χ1) is 10.9. The second-order valence-corrected chi connectivity index (χ2v) is 7.47. The highest BCUT2D eigenvalue weighted by Crippen LogP contribution is 2.34. The predicted octanol–water partition coefficient (Wildman–Crippen LogP) is 5.49. The summed E-state index contributed by atoms with van der Waals surface area (Å²) in [5.74, 6) is 0. The van der Waals surface area contributed by atoms with Crippen LogP contribution in [0.1, 0.15) is 36.5 Å². The highest BCUT2D eigenvalue weighted by Gasteiger charge is 2.28. The lowest BCUT2D eigenvalue weighted by Crippen LogP contribution is -2.25. The Bertz CT molecular complexity index is 637. The second-order valence-electron chi connectivity index (χ2n) is 5.64. The van der Waals surface area contributed by atoms with E-state index in [1.54, 1.807) is 6.08 Å². The molecule has 0 heterocycles. The molecule has 0 aliphatic heterocycles. The third-order valence-electron chi connectivity index (χ3n) is 3.95. The Kier molecular flexibility index (Phi) is 6.60. The summed E-state index contributed by atoms with van der Waals surface area (Å²) in [5, 5.41) is 21.4. The van der Waals surface area contributed by atoms with E-state index in [9.17, 15) is 10.2 Å². The quantitative estimate of drug-likeness (QED) is 0.560. The van der Waals surface area contributed by atoms with Gasteiger partial charge in [0.25, 0.3) is 0 Å². The molecule has 0 fully saturated rings. The fraction of sp³-hybridized carbons (Fsp3) is 0.263. The fourth-order valence-electron chi connectivity index (χ4n) is 2.59. The maximum absolute atomic E-state index is 11.0. The van der Waals surface area contributed by atoms with E-state index in [-0.39, 0.29) is 0 Å². The number of halogens is 2. The number of hydrogen-bond donors (Lipinski definition) is 2. The molecule has 2 nitrogen and oxygen atoms in total. The van der Waals surface area contributed by atoms with Gasteiger partial charge in [-0.25, -0.2) is 0 Å². The summed E-state index contributed by atoms with van der Waals surface area (Å²) in [7, 11) is 0. The number of benzene rings is 2. The average molecular weight is 440 g/mol. The van der Waals surface area contributed by atoms with Gasteiger partial charge in [0.05, 0.1) is 11.7 Å². The van der Waals surface area contributed by atoms with E-state index in [0.717, 1.165) is 20.1 Å². The monoisotopic (exact) mass is 438 g/mol. The lowest BCUT2D eigenvalue weighted by atomic mass is 9.84. The van der Waals surface area contributed by atoms with Crippen molar-refractivity contribution in [3.63, 3.8) is 0 Å². The van der Waals surface area contributed by atoms with Crippen LogP contribution in [0.4, 0.5) is 0 Å². The van der Waals surface area contributed by atoms with Gasteiger partial charge in [-0.15, -0.1) is 6.58 Å². The standard InChI is InChI=1S/C19H20Br2O2/c1-2-12-19(23,15-5-9-17(21)10-6-15)13-11-18(22)14-3-7-16(20)8-4-14/h2-10,18,22-23H,1,11-13H2/t18-,19-/m1/s1. The molecule has 0 aliphatic carbocycles. The Morgan fingerprint density at radius 3 is 2.04 bits per heavy atom. The zero-order valence-corrected chi connectivity index (χ0v) is 15.9. The van der Waals surface area contributed by atoms with Crippen molar-refractivity contribution in [3.8, 4) is 0 Å². The van der Waals surface area contributed by atoms with Crippen LogP contribution in [0.5, 0.6) is 0 Å². The summed E-state index contributed by atoms with van der Waals surface area (Å²) in [4.78, 5) is 0. The van der Waals surface area contributed by atoms with E-state index in [4.69, 9.17) is 0 Å². The first-order valence-corrected chi connectivity index (χ1v) is 9.06. The van der Waals surface area contributed by atoms with Crippen LogP contribution in [0.25, 0.3) is 0 Å². The molecule has 2 atom stereocenters. The second kappa shape index (κ2) is 8.25. The number of aliphatic hydroxyl groups is 2. The minimum absolute atomic E-state index is 0.446. The van der Waals surface area contributed by atoms with Crippen molar-refractivity contribution in [2.75, 3.05) is 0 Å². The molecule has 0 bridgehead atoms. The Morgan fingerprint density at radius 2 is 1.52 bits per heavy atom. The van der Waals surface area contributed by atoms with Crippen LogP contribution in [0, 0.1) is 0 Å². The summed E-state index contributed by atoms with van der Waals surface area (Å²) < 4.78 is 1.95. The predicted molar refractivity (Wildman–Crippen MR) is 101 cm³/mol. The first-order valence-electron chi connectivity index (χ1n) is 7.47. The molecule has 2 rings (SSSR count). The molecule has 0 aliphatic rings. The van der Waals surface area contributed by atoms with E-state index in [1.807, 2.05) is 48.5 Å². The van der Waals surface area contributed by atoms with Crippen LogP contribution in [0.2, 0.25) is 0 Å². The van der Waals surface area contributed by atoms with Crippen LogP contribution in [0.3, 0.4) is 0 Å². The normalized spacial score (nSPS) is 15.0. The van der Waals surface area contributed by atoms with Crippen molar-refractivity contribution < 1.29 is 10.2 Å². The molecule has 2 N–H and O–H groups in total. The van der Waals surface area contributed by atoms with Gasteiger partial charge < -0.3 is 10.2 Å². The van der Waals surface area contributed by atoms with Gasteiger partial charge in [0.2, 0.25) is 0 Å². The van der Waals surface area contributed by atoms with Gasteiger partial charge in [-0.3, -0.25) is 0 Å². The first kappa shape index (κ1) is 18.4. The van der Waals surface area contributed by atoms with Crippen molar-refractivity contribution >= 4 is 31.9 Å². The highest BCUT2D eigenvalue weighted by atomic mass is 79.9. The molecular formula is C19H20Br2O2. The van der Waals surface area contributed by atoms with E-state index >= 15 is 0 Å². The molecule has 23 heavy (non-hydrogen) atoms. The molecule has 0 spiro atoms. The Labute approximate surface area is 154 Å². The number of hydrogen-bond acceptors (Lipinski definition) is 2. The molecule has 0 saturated heterocycles. The molecule has 2 aromatic rings. The molecular weight excluding hydrogens is 420 g/mol. The van der Waals surface area contributed by atoms with E-state index < -0.39 is 11.7 Å². The zero-order chi connectivity index (χ0) is 16.9. The largest absolute Gasteiger partial charge is 0.388 e. The molecule has 0 saturated carbocycles. The third kappa shape index (κ3) is 5.01. The topological polar surface area (TPSA) is 40.5 Å². The van der Waals surface area contributed by atoms with E-state index in [1.165, 1.54) is 0 Å². The smallest absolute Gasteiger partial charge is 0.0931 e. The maximum Gasteiger partial charge on any atom is 0.0931 e. The van der Waals surface area contributed by atoms with Gasteiger partial charge >= 0.3 is 0 Å².